The van der Waals surface area contributed by atoms with Crippen LogP contribution in [0.5, 0.6) is 0 Å². The number of carbonyl (C=O) groups is 2. The largest absolute Gasteiger partial charge is 0.478 e. The fourth-order valence-electron chi connectivity index (χ4n) is 3.12. The highest BCUT2D eigenvalue weighted by Gasteiger charge is 2.14. The Morgan fingerprint density at radius 2 is 1.81 bits per heavy atom. The number of esters is 1. The van der Waals surface area contributed by atoms with Gasteiger partial charge in [0, 0.05) is 0 Å². The van der Waals surface area contributed by atoms with Gasteiger partial charge < -0.3 is 15.2 Å². The number of aryl methyl sites for hydroxylation is 1. The number of nitriles is 2. The van der Waals surface area contributed by atoms with Crippen molar-refractivity contribution in [3.8, 4) is 12.1 Å². The third kappa shape index (κ3) is 6.53. The lowest BCUT2D eigenvalue weighted by atomic mass is 10.0. The molecule has 0 amide bonds. The molecular formula is C24H23N3O4. The molecule has 2 rings (SSSR count). The predicted octanol–water partition coefficient (Wildman–Crippen LogP) is 3.29. The maximum absolute atomic E-state index is 11.9. The van der Waals surface area contributed by atoms with Crippen LogP contribution in [0.15, 0.2) is 42.0 Å². The molecule has 0 aliphatic rings. The van der Waals surface area contributed by atoms with Crippen molar-refractivity contribution < 1.29 is 19.4 Å². The van der Waals surface area contributed by atoms with Gasteiger partial charge in [-0.3, -0.25) is 0 Å². The molecule has 0 heterocycles. The first-order valence-electron chi connectivity index (χ1n) is 9.66. The van der Waals surface area contributed by atoms with E-state index in [-0.39, 0.29) is 11.1 Å². The van der Waals surface area contributed by atoms with Gasteiger partial charge in [0.2, 0.25) is 0 Å². The zero-order valence-corrected chi connectivity index (χ0v) is 17.4. The molecule has 0 saturated carbocycles. The van der Waals surface area contributed by atoms with Gasteiger partial charge in [-0.25, -0.2) is 9.59 Å². The van der Waals surface area contributed by atoms with E-state index in [1.54, 1.807) is 6.08 Å². The summed E-state index contributed by atoms with van der Waals surface area (Å²) in [6, 6.07) is 14.0. The number of hydrogen-bond donors (Lipinski definition) is 2. The van der Waals surface area contributed by atoms with Gasteiger partial charge in [0.25, 0.3) is 0 Å². The third-order valence-electron chi connectivity index (χ3n) is 4.79. The van der Waals surface area contributed by atoms with E-state index < -0.39 is 11.9 Å². The van der Waals surface area contributed by atoms with Crippen molar-refractivity contribution in [2.45, 2.75) is 19.8 Å². The molecule has 0 unspecified atom stereocenters. The van der Waals surface area contributed by atoms with Gasteiger partial charge in [0.1, 0.15) is 17.7 Å². The quantitative estimate of drug-likeness (QED) is 0.364. The van der Waals surface area contributed by atoms with Gasteiger partial charge >= 0.3 is 11.9 Å². The Morgan fingerprint density at radius 1 is 1.10 bits per heavy atom. The maximum Gasteiger partial charge on any atom is 0.338 e. The van der Waals surface area contributed by atoms with E-state index in [0.29, 0.717) is 30.6 Å². The molecule has 0 bridgehead atoms. The average molecular weight is 417 g/mol. The zero-order chi connectivity index (χ0) is 22.8. The molecule has 0 aliphatic carbocycles. The number of hydrogen-bond acceptors (Lipinski definition) is 6. The number of carbonyl (C=O) groups excluding carboxylic acids is 1. The van der Waals surface area contributed by atoms with Crippen molar-refractivity contribution in [1.82, 2.24) is 5.32 Å². The van der Waals surface area contributed by atoms with Gasteiger partial charge in [-0.1, -0.05) is 18.2 Å². The van der Waals surface area contributed by atoms with Gasteiger partial charge in [-0.2, -0.15) is 10.5 Å². The highest BCUT2D eigenvalue weighted by molar-refractivity contribution is 5.94. The minimum atomic E-state index is -1.05. The molecule has 0 aliphatic heterocycles. The zero-order valence-electron chi connectivity index (χ0n) is 17.4. The second kappa shape index (κ2) is 11.3. The molecule has 0 aromatic heterocycles. The maximum atomic E-state index is 11.9. The Morgan fingerprint density at radius 3 is 2.42 bits per heavy atom. The third-order valence-corrected chi connectivity index (χ3v) is 4.79. The lowest BCUT2D eigenvalue weighted by Gasteiger charge is -2.11. The first kappa shape index (κ1) is 23.3. The smallest absolute Gasteiger partial charge is 0.338 e. The number of carboxylic acids is 1. The van der Waals surface area contributed by atoms with Crippen LogP contribution >= 0.6 is 0 Å². The van der Waals surface area contributed by atoms with Crippen molar-refractivity contribution in [3.63, 3.8) is 0 Å². The van der Waals surface area contributed by atoms with Crippen molar-refractivity contribution in [2.24, 2.45) is 0 Å². The number of rotatable bonds is 9. The predicted molar refractivity (Wildman–Crippen MR) is 115 cm³/mol. The van der Waals surface area contributed by atoms with Crippen LogP contribution in [0.2, 0.25) is 0 Å². The Hall–Kier alpha value is -3.94. The van der Waals surface area contributed by atoms with E-state index in [2.05, 4.69) is 5.32 Å². The molecule has 7 nitrogen and oxygen atoms in total. The topological polar surface area (TPSA) is 123 Å². The number of nitrogens with one attached hydrogen (secondary N) is 1. The number of carboxylic acid groups (broad SMARTS) is 1. The van der Waals surface area contributed by atoms with Crippen molar-refractivity contribution >= 4 is 18.0 Å². The van der Waals surface area contributed by atoms with Crippen LogP contribution in [0.25, 0.3) is 6.08 Å². The molecule has 0 fully saturated rings. The van der Waals surface area contributed by atoms with E-state index in [1.165, 1.54) is 25.3 Å². The summed E-state index contributed by atoms with van der Waals surface area (Å²) in [6.07, 6.45) is 2.83. The Bertz CT molecular complexity index is 1070. The minimum absolute atomic E-state index is 0.0656. The molecule has 0 atom stereocenters. The number of methoxy groups -OCH3 is 1. The summed E-state index contributed by atoms with van der Waals surface area (Å²) < 4.78 is 4.78. The molecule has 158 valence electrons. The second-order valence-corrected chi connectivity index (χ2v) is 6.89. The van der Waals surface area contributed by atoms with E-state index in [4.69, 9.17) is 15.3 Å². The van der Waals surface area contributed by atoms with Crippen LogP contribution in [-0.4, -0.2) is 37.2 Å². The molecule has 2 aromatic rings. The van der Waals surface area contributed by atoms with Gasteiger partial charge in [0.05, 0.1) is 18.2 Å². The van der Waals surface area contributed by atoms with Gasteiger partial charge in [-0.05, 0) is 79.4 Å². The van der Waals surface area contributed by atoms with Crippen LogP contribution in [0, 0.1) is 29.6 Å². The Labute approximate surface area is 181 Å². The first-order valence-corrected chi connectivity index (χ1v) is 9.66. The molecule has 31 heavy (non-hydrogen) atoms. The van der Waals surface area contributed by atoms with Crippen LogP contribution in [0.3, 0.4) is 0 Å². The normalized spacial score (nSPS) is 9.94. The summed E-state index contributed by atoms with van der Waals surface area (Å²) in [4.78, 5) is 23.1. The summed E-state index contributed by atoms with van der Waals surface area (Å²) in [5, 5.41) is 30.2. The molecule has 2 N–H and O–H groups in total. The fourth-order valence-corrected chi connectivity index (χ4v) is 3.12. The van der Waals surface area contributed by atoms with Crippen molar-refractivity contribution in [1.29, 1.82) is 10.5 Å². The van der Waals surface area contributed by atoms with Crippen LogP contribution < -0.4 is 5.32 Å². The fraction of sp³-hybridized carbons (Fsp3) is 0.250. The monoisotopic (exact) mass is 417 g/mol. The lowest BCUT2D eigenvalue weighted by Crippen LogP contribution is -2.21. The summed E-state index contributed by atoms with van der Waals surface area (Å²) in [7, 11) is 1.29. The first-order chi connectivity index (χ1) is 14.9. The van der Waals surface area contributed by atoms with E-state index in [9.17, 15) is 14.7 Å². The Kier molecular flexibility index (Phi) is 8.51. The highest BCUT2D eigenvalue weighted by atomic mass is 16.5. The number of ether oxygens (including phenoxy) is 1. The number of benzene rings is 2. The lowest BCUT2D eigenvalue weighted by molar-refractivity contribution is 0.0597. The SMILES string of the molecule is COC(=O)c1ccc(C(=O)O)cc1CCNCCc1ccc(C=C(C#N)C#N)c(C)c1. The van der Waals surface area contributed by atoms with Crippen LogP contribution in [0.4, 0.5) is 0 Å². The average Bonchev–Trinajstić information content (AvgIpc) is 2.77. The van der Waals surface area contributed by atoms with E-state index >= 15 is 0 Å². The van der Waals surface area contributed by atoms with Crippen molar-refractivity contribution in [2.75, 3.05) is 20.2 Å². The highest BCUT2D eigenvalue weighted by Crippen LogP contribution is 2.16. The molecule has 0 spiro atoms. The number of nitrogens with zero attached hydrogens (tertiary/aromatic N) is 2. The van der Waals surface area contributed by atoms with E-state index in [1.807, 2.05) is 37.3 Å². The van der Waals surface area contributed by atoms with Crippen LogP contribution in [-0.2, 0) is 17.6 Å². The molecular weight excluding hydrogens is 394 g/mol. The Balaban J connectivity index is 1.95. The van der Waals surface area contributed by atoms with Gasteiger partial charge in [-0.15, -0.1) is 0 Å². The second-order valence-electron chi connectivity index (χ2n) is 6.89. The molecule has 0 radical (unpaired) electrons. The van der Waals surface area contributed by atoms with E-state index in [0.717, 1.165) is 23.1 Å². The molecule has 2 aromatic carbocycles. The number of allylic oxidation sites excluding steroid dienone is 1. The van der Waals surface area contributed by atoms with Gasteiger partial charge in [0.15, 0.2) is 0 Å². The number of aromatic carboxylic acids is 1. The summed E-state index contributed by atoms with van der Waals surface area (Å²) >= 11 is 0. The summed E-state index contributed by atoms with van der Waals surface area (Å²) in [5.74, 6) is -1.54. The molecule has 7 heteroatoms. The molecule has 0 saturated heterocycles. The van der Waals surface area contributed by atoms with Crippen LogP contribution in [0.1, 0.15) is 43.0 Å². The summed E-state index contributed by atoms with van der Waals surface area (Å²) in [6.45, 7) is 3.20. The standard InChI is InChI=1S/C24H23N3O4/c1-16-11-17(3-4-19(16)12-18(14-25)15-26)7-9-27-10-8-20-13-21(23(28)29)5-6-22(20)24(30)31-2/h3-6,11-13,27H,7-10H2,1-2H3,(H,28,29). The van der Waals surface area contributed by atoms with Crippen molar-refractivity contribution in [3.05, 3.63) is 75.4 Å². The minimum Gasteiger partial charge on any atom is -0.478 e. The summed E-state index contributed by atoms with van der Waals surface area (Å²) in [5.41, 5.74) is 4.11.